The summed E-state index contributed by atoms with van der Waals surface area (Å²) in [5.74, 6) is 0. The first-order valence-electron chi connectivity index (χ1n) is 3.83. The van der Waals surface area contributed by atoms with E-state index in [0.29, 0.717) is 0 Å². The molecule has 12 heavy (non-hydrogen) atoms. The molecule has 0 unspecified atom stereocenters. The van der Waals surface area contributed by atoms with Crippen LogP contribution < -0.4 is 0 Å². The van der Waals surface area contributed by atoms with E-state index in [0.717, 1.165) is 4.34 Å². The summed E-state index contributed by atoms with van der Waals surface area (Å²) in [6.07, 6.45) is 0. The van der Waals surface area contributed by atoms with E-state index >= 15 is 0 Å². The predicted octanol–water partition coefficient (Wildman–Crippen LogP) is 4.17. The molecule has 0 saturated carbocycles. The molecule has 0 saturated heterocycles. The summed E-state index contributed by atoms with van der Waals surface area (Å²) in [6, 6.07) is 6.41. The second-order valence-electron chi connectivity index (χ2n) is 3.02. The highest BCUT2D eigenvalue weighted by atomic mass is 35.5. The molecule has 2 heteroatoms. The zero-order valence-corrected chi connectivity index (χ0v) is 8.59. The summed E-state index contributed by atoms with van der Waals surface area (Å²) in [5, 5.41) is 1.26. The van der Waals surface area contributed by atoms with Crippen molar-refractivity contribution >= 4 is 33.0 Å². The Bertz CT molecular complexity index is 390. The zero-order valence-electron chi connectivity index (χ0n) is 7.02. The summed E-state index contributed by atoms with van der Waals surface area (Å²) in [6.45, 7) is 4.25. The fourth-order valence-electron chi connectivity index (χ4n) is 1.27. The molecule has 0 aliphatic heterocycles. The van der Waals surface area contributed by atoms with Crippen molar-refractivity contribution in [3.05, 3.63) is 33.7 Å². The average molecular weight is 197 g/mol. The molecular formula is C10H9ClS. The number of hydrogen-bond acceptors (Lipinski definition) is 1. The van der Waals surface area contributed by atoms with Gasteiger partial charge < -0.3 is 0 Å². The Kier molecular flexibility index (Phi) is 1.85. The summed E-state index contributed by atoms with van der Waals surface area (Å²) >= 11 is 7.55. The Balaban J connectivity index is 2.83. The lowest BCUT2D eigenvalue weighted by molar-refractivity contribution is 1.37. The van der Waals surface area contributed by atoms with Crippen LogP contribution in [0.2, 0.25) is 4.34 Å². The Morgan fingerprint density at radius 2 is 1.75 bits per heavy atom. The second-order valence-corrected chi connectivity index (χ2v) is 4.74. The van der Waals surface area contributed by atoms with Gasteiger partial charge in [0.2, 0.25) is 0 Å². The molecule has 1 aromatic carbocycles. The Morgan fingerprint density at radius 3 is 2.50 bits per heavy atom. The van der Waals surface area contributed by atoms with Gasteiger partial charge in [-0.05, 0) is 42.5 Å². The average Bonchev–Trinajstić information content (AvgIpc) is 2.30. The number of halogens is 1. The number of benzene rings is 1. The van der Waals surface area contributed by atoms with Gasteiger partial charge in [-0.2, -0.15) is 0 Å². The summed E-state index contributed by atoms with van der Waals surface area (Å²) < 4.78 is 2.15. The predicted molar refractivity (Wildman–Crippen MR) is 56.3 cm³/mol. The lowest BCUT2D eigenvalue weighted by Crippen LogP contribution is -1.77. The van der Waals surface area contributed by atoms with Crippen molar-refractivity contribution in [3.8, 4) is 0 Å². The molecule has 0 fully saturated rings. The SMILES string of the molecule is Cc1cc2cc(Cl)sc2cc1C. The number of aryl methyl sites for hydroxylation is 2. The van der Waals surface area contributed by atoms with Crippen molar-refractivity contribution in [1.82, 2.24) is 0 Å². The number of hydrogen-bond donors (Lipinski definition) is 0. The van der Waals surface area contributed by atoms with Crippen LogP contribution in [-0.4, -0.2) is 0 Å². The fraction of sp³-hybridized carbons (Fsp3) is 0.200. The van der Waals surface area contributed by atoms with Crippen LogP contribution in [0.5, 0.6) is 0 Å². The molecule has 0 amide bonds. The van der Waals surface area contributed by atoms with E-state index in [1.165, 1.54) is 21.2 Å². The highest BCUT2D eigenvalue weighted by Crippen LogP contribution is 2.30. The van der Waals surface area contributed by atoms with Gasteiger partial charge in [-0.3, -0.25) is 0 Å². The van der Waals surface area contributed by atoms with Crippen LogP contribution in [-0.2, 0) is 0 Å². The van der Waals surface area contributed by atoms with Crippen LogP contribution in [0.4, 0.5) is 0 Å². The molecule has 0 nitrogen and oxygen atoms in total. The molecule has 2 rings (SSSR count). The lowest BCUT2D eigenvalue weighted by Gasteiger charge is -1.97. The van der Waals surface area contributed by atoms with Crippen LogP contribution in [0, 0.1) is 13.8 Å². The van der Waals surface area contributed by atoms with Gasteiger partial charge in [0, 0.05) is 4.70 Å². The van der Waals surface area contributed by atoms with E-state index < -0.39 is 0 Å². The summed E-state index contributed by atoms with van der Waals surface area (Å²) in [4.78, 5) is 0. The smallest absolute Gasteiger partial charge is 0.0940 e. The first kappa shape index (κ1) is 8.09. The minimum atomic E-state index is 0.870. The van der Waals surface area contributed by atoms with Crippen LogP contribution in [0.1, 0.15) is 11.1 Å². The summed E-state index contributed by atoms with van der Waals surface area (Å²) in [7, 11) is 0. The third-order valence-corrected chi connectivity index (χ3v) is 3.33. The van der Waals surface area contributed by atoms with Gasteiger partial charge in [-0.1, -0.05) is 17.7 Å². The highest BCUT2D eigenvalue weighted by molar-refractivity contribution is 7.22. The number of thiophene rings is 1. The Morgan fingerprint density at radius 1 is 1.08 bits per heavy atom. The quantitative estimate of drug-likeness (QED) is 0.593. The maximum atomic E-state index is 5.91. The lowest BCUT2D eigenvalue weighted by atomic mass is 10.1. The van der Waals surface area contributed by atoms with E-state index in [4.69, 9.17) is 11.6 Å². The monoisotopic (exact) mass is 196 g/mol. The highest BCUT2D eigenvalue weighted by Gasteiger charge is 2.01. The van der Waals surface area contributed by atoms with Crippen molar-refractivity contribution in [2.75, 3.05) is 0 Å². The largest absolute Gasteiger partial charge is 0.123 e. The Hall–Kier alpha value is -0.530. The van der Waals surface area contributed by atoms with Gasteiger partial charge >= 0.3 is 0 Å². The van der Waals surface area contributed by atoms with Crippen molar-refractivity contribution in [2.45, 2.75) is 13.8 Å². The van der Waals surface area contributed by atoms with Gasteiger partial charge in [-0.25, -0.2) is 0 Å². The zero-order chi connectivity index (χ0) is 8.72. The first-order valence-corrected chi connectivity index (χ1v) is 5.02. The molecular weight excluding hydrogens is 188 g/mol. The third kappa shape index (κ3) is 1.23. The van der Waals surface area contributed by atoms with Crippen molar-refractivity contribution < 1.29 is 0 Å². The molecule has 0 bridgehead atoms. The molecule has 1 heterocycles. The van der Waals surface area contributed by atoms with Crippen LogP contribution >= 0.6 is 22.9 Å². The van der Waals surface area contributed by atoms with Crippen molar-refractivity contribution in [3.63, 3.8) is 0 Å². The van der Waals surface area contributed by atoms with Gasteiger partial charge in [0.15, 0.2) is 0 Å². The minimum Gasteiger partial charge on any atom is -0.123 e. The standard InChI is InChI=1S/C10H9ClS/c1-6-3-8-5-10(11)12-9(8)4-7(6)2/h3-5H,1-2H3. The molecule has 0 spiro atoms. The second kappa shape index (κ2) is 2.75. The van der Waals surface area contributed by atoms with Gasteiger partial charge in [0.25, 0.3) is 0 Å². The molecule has 0 aliphatic rings. The molecule has 62 valence electrons. The van der Waals surface area contributed by atoms with E-state index in [1.54, 1.807) is 11.3 Å². The number of fused-ring (bicyclic) bond motifs is 1. The van der Waals surface area contributed by atoms with Gasteiger partial charge in [0.1, 0.15) is 0 Å². The Labute approximate surface area is 80.8 Å². The number of rotatable bonds is 0. The van der Waals surface area contributed by atoms with Crippen LogP contribution in [0.15, 0.2) is 18.2 Å². The third-order valence-electron chi connectivity index (χ3n) is 2.10. The van der Waals surface area contributed by atoms with Crippen molar-refractivity contribution in [2.24, 2.45) is 0 Å². The summed E-state index contributed by atoms with van der Waals surface area (Å²) in [5.41, 5.74) is 2.66. The van der Waals surface area contributed by atoms with E-state index in [9.17, 15) is 0 Å². The normalized spacial score (nSPS) is 10.9. The maximum absolute atomic E-state index is 5.91. The first-order chi connectivity index (χ1) is 5.66. The van der Waals surface area contributed by atoms with Gasteiger partial charge in [0.05, 0.1) is 4.34 Å². The molecule has 0 aliphatic carbocycles. The maximum Gasteiger partial charge on any atom is 0.0940 e. The van der Waals surface area contributed by atoms with E-state index in [-0.39, 0.29) is 0 Å². The topological polar surface area (TPSA) is 0 Å². The van der Waals surface area contributed by atoms with E-state index in [2.05, 4.69) is 26.0 Å². The van der Waals surface area contributed by atoms with Gasteiger partial charge in [-0.15, -0.1) is 11.3 Å². The molecule has 2 aromatic rings. The molecule has 0 atom stereocenters. The molecule has 0 radical (unpaired) electrons. The fourth-order valence-corrected chi connectivity index (χ4v) is 2.50. The van der Waals surface area contributed by atoms with Crippen LogP contribution in [0.25, 0.3) is 10.1 Å². The minimum absolute atomic E-state index is 0.870. The molecule has 0 N–H and O–H groups in total. The van der Waals surface area contributed by atoms with E-state index in [1.807, 2.05) is 6.07 Å². The van der Waals surface area contributed by atoms with Crippen LogP contribution in [0.3, 0.4) is 0 Å². The molecule has 1 aromatic heterocycles. The van der Waals surface area contributed by atoms with Crippen molar-refractivity contribution in [1.29, 1.82) is 0 Å².